The van der Waals surface area contributed by atoms with E-state index >= 15 is 0 Å². The molecule has 0 spiro atoms. The largest absolute Gasteiger partial charge is 0.480 e. The Balaban J connectivity index is 2.48. The van der Waals surface area contributed by atoms with E-state index in [9.17, 15) is 14.0 Å². The molecular formula is C13H17FN2O4. The van der Waals surface area contributed by atoms with Gasteiger partial charge in [-0.25, -0.2) is 4.39 Å². The third-order valence-corrected chi connectivity index (χ3v) is 2.54. The quantitative estimate of drug-likeness (QED) is 0.523. The Bertz CT molecular complexity index is 450. The van der Waals surface area contributed by atoms with Crippen LogP contribution >= 0.6 is 0 Å². The number of carbonyl (C=O) groups is 2. The first-order valence-corrected chi connectivity index (χ1v) is 6.15. The van der Waals surface area contributed by atoms with Crippen LogP contribution in [0.15, 0.2) is 24.3 Å². The number of halogens is 1. The van der Waals surface area contributed by atoms with E-state index in [1.165, 1.54) is 24.3 Å². The molecule has 0 radical (unpaired) electrons. The Labute approximate surface area is 115 Å². The predicted molar refractivity (Wildman–Crippen MR) is 70.8 cm³/mol. The van der Waals surface area contributed by atoms with Gasteiger partial charge >= 0.3 is 5.97 Å². The Morgan fingerprint density at radius 2 is 1.90 bits per heavy atom. The van der Waals surface area contributed by atoms with Gasteiger partial charge in [-0.1, -0.05) is 0 Å². The lowest BCUT2D eigenvalue weighted by molar-refractivity contribution is -0.141. The summed E-state index contributed by atoms with van der Waals surface area (Å²) < 4.78 is 12.7. The van der Waals surface area contributed by atoms with E-state index in [0.29, 0.717) is 18.7 Å². The van der Waals surface area contributed by atoms with Crippen LogP contribution in [-0.2, 0) is 9.59 Å². The molecule has 20 heavy (non-hydrogen) atoms. The number of benzene rings is 1. The zero-order valence-electron chi connectivity index (χ0n) is 10.8. The Hall–Kier alpha value is -1.99. The second kappa shape index (κ2) is 8.23. The number of rotatable bonds is 8. The molecule has 0 saturated carbocycles. The van der Waals surface area contributed by atoms with Gasteiger partial charge in [0, 0.05) is 12.3 Å². The molecule has 1 amide bonds. The Morgan fingerprint density at radius 1 is 1.25 bits per heavy atom. The van der Waals surface area contributed by atoms with E-state index in [2.05, 4.69) is 10.6 Å². The van der Waals surface area contributed by atoms with Gasteiger partial charge in [0.2, 0.25) is 5.91 Å². The maximum atomic E-state index is 12.7. The maximum absolute atomic E-state index is 12.7. The van der Waals surface area contributed by atoms with Crippen molar-refractivity contribution < 1.29 is 24.2 Å². The molecule has 0 bridgehead atoms. The summed E-state index contributed by atoms with van der Waals surface area (Å²) in [6.45, 7) is 0.248. The third-order valence-electron chi connectivity index (χ3n) is 2.54. The summed E-state index contributed by atoms with van der Waals surface area (Å²) in [7, 11) is 0. The molecule has 1 aromatic rings. The molecular weight excluding hydrogens is 267 g/mol. The number of aliphatic hydroxyl groups is 1. The first kappa shape index (κ1) is 16.1. The van der Waals surface area contributed by atoms with Crippen LogP contribution in [0.4, 0.5) is 10.1 Å². The van der Waals surface area contributed by atoms with Crippen LogP contribution in [0.5, 0.6) is 0 Å². The molecule has 0 aliphatic carbocycles. The minimum Gasteiger partial charge on any atom is -0.480 e. The second-order valence-electron chi connectivity index (χ2n) is 4.18. The van der Waals surface area contributed by atoms with Gasteiger partial charge in [-0.15, -0.1) is 0 Å². The van der Waals surface area contributed by atoms with Gasteiger partial charge in [-0.2, -0.15) is 0 Å². The van der Waals surface area contributed by atoms with Gasteiger partial charge in [-0.05, 0) is 37.2 Å². The van der Waals surface area contributed by atoms with Crippen molar-refractivity contribution in [1.29, 1.82) is 0 Å². The highest BCUT2D eigenvalue weighted by atomic mass is 19.1. The normalized spacial score (nSPS) is 11.9. The molecule has 1 atom stereocenters. The highest BCUT2D eigenvalue weighted by molar-refractivity contribution is 5.93. The predicted octanol–water partition coefficient (Wildman–Crippen LogP) is 0.579. The number of carboxylic acids is 1. The molecule has 7 heteroatoms. The maximum Gasteiger partial charge on any atom is 0.321 e. The van der Waals surface area contributed by atoms with Gasteiger partial charge in [0.1, 0.15) is 11.9 Å². The number of carboxylic acid groups (broad SMARTS) is 1. The van der Waals surface area contributed by atoms with Crippen molar-refractivity contribution in [2.45, 2.75) is 18.9 Å². The highest BCUT2D eigenvalue weighted by Gasteiger charge is 2.20. The first-order chi connectivity index (χ1) is 9.52. The molecule has 1 rings (SSSR count). The first-order valence-electron chi connectivity index (χ1n) is 6.15. The second-order valence-corrected chi connectivity index (χ2v) is 4.18. The van der Waals surface area contributed by atoms with Crippen LogP contribution < -0.4 is 10.6 Å². The SMILES string of the molecule is O=C(CC(NCCCO)C(=O)O)Nc1ccc(F)cc1. The molecule has 110 valence electrons. The fourth-order valence-electron chi connectivity index (χ4n) is 1.53. The lowest BCUT2D eigenvalue weighted by Crippen LogP contribution is -2.40. The summed E-state index contributed by atoms with van der Waals surface area (Å²) in [5.41, 5.74) is 0.399. The van der Waals surface area contributed by atoms with Gasteiger partial charge in [0.05, 0.1) is 6.42 Å². The van der Waals surface area contributed by atoms with Gasteiger partial charge in [0.15, 0.2) is 0 Å². The van der Waals surface area contributed by atoms with Crippen LogP contribution in [0.3, 0.4) is 0 Å². The van der Waals surface area contributed by atoms with Crippen molar-refractivity contribution in [3.63, 3.8) is 0 Å². The molecule has 6 nitrogen and oxygen atoms in total. The van der Waals surface area contributed by atoms with E-state index in [1.54, 1.807) is 0 Å². The molecule has 0 aromatic heterocycles. The summed E-state index contributed by atoms with van der Waals surface area (Å²) in [4.78, 5) is 22.7. The van der Waals surface area contributed by atoms with Crippen LogP contribution in [-0.4, -0.2) is 41.3 Å². The van der Waals surface area contributed by atoms with E-state index in [0.717, 1.165) is 0 Å². The number of hydrogen-bond donors (Lipinski definition) is 4. The highest BCUT2D eigenvalue weighted by Crippen LogP contribution is 2.09. The fourth-order valence-corrected chi connectivity index (χ4v) is 1.53. The van der Waals surface area contributed by atoms with Crippen LogP contribution in [0.1, 0.15) is 12.8 Å². The molecule has 0 fully saturated rings. The smallest absolute Gasteiger partial charge is 0.321 e. The number of aliphatic hydroxyl groups excluding tert-OH is 1. The third kappa shape index (κ3) is 5.77. The zero-order valence-corrected chi connectivity index (χ0v) is 10.8. The molecule has 4 N–H and O–H groups in total. The lowest BCUT2D eigenvalue weighted by Gasteiger charge is -2.14. The van der Waals surface area contributed by atoms with Gasteiger partial charge in [-0.3, -0.25) is 9.59 Å². The van der Waals surface area contributed by atoms with Crippen molar-refractivity contribution in [2.24, 2.45) is 0 Å². The molecule has 1 unspecified atom stereocenters. The summed E-state index contributed by atoms with van der Waals surface area (Å²) in [6.07, 6.45) is 0.154. The lowest BCUT2D eigenvalue weighted by atomic mass is 10.2. The van der Waals surface area contributed by atoms with Gasteiger partial charge in [0.25, 0.3) is 0 Å². The molecule has 0 heterocycles. The van der Waals surface area contributed by atoms with Crippen molar-refractivity contribution in [3.8, 4) is 0 Å². The van der Waals surface area contributed by atoms with E-state index in [4.69, 9.17) is 10.2 Å². The molecule has 0 aliphatic rings. The molecule has 1 aromatic carbocycles. The van der Waals surface area contributed by atoms with Crippen molar-refractivity contribution in [2.75, 3.05) is 18.5 Å². The van der Waals surface area contributed by atoms with Crippen LogP contribution in [0.2, 0.25) is 0 Å². The molecule has 0 saturated heterocycles. The van der Waals surface area contributed by atoms with E-state index in [1.807, 2.05) is 0 Å². The number of aliphatic carboxylic acids is 1. The van der Waals surface area contributed by atoms with Crippen molar-refractivity contribution in [3.05, 3.63) is 30.1 Å². The minimum atomic E-state index is -1.14. The average molecular weight is 284 g/mol. The zero-order chi connectivity index (χ0) is 15.0. The average Bonchev–Trinajstić information content (AvgIpc) is 2.40. The van der Waals surface area contributed by atoms with Crippen molar-refractivity contribution >= 4 is 17.6 Å². The summed E-state index contributed by atoms with van der Waals surface area (Å²) >= 11 is 0. The number of anilines is 1. The van der Waals surface area contributed by atoms with Gasteiger partial charge < -0.3 is 20.8 Å². The standard InChI is InChI=1S/C13H17FN2O4/c14-9-2-4-10(5-3-9)16-12(18)8-11(13(19)20)15-6-1-7-17/h2-5,11,15,17H,1,6-8H2,(H,16,18)(H,19,20). The van der Waals surface area contributed by atoms with E-state index < -0.39 is 23.7 Å². The monoisotopic (exact) mass is 284 g/mol. The topological polar surface area (TPSA) is 98.7 Å². The summed E-state index contributed by atoms with van der Waals surface area (Å²) in [5.74, 6) is -2.05. The summed E-state index contributed by atoms with van der Waals surface area (Å²) in [5, 5.41) is 22.7. The number of carbonyl (C=O) groups excluding carboxylic acids is 1. The minimum absolute atomic E-state index is 0.0544. The Kier molecular flexibility index (Phi) is 6.61. The Morgan fingerprint density at radius 3 is 2.45 bits per heavy atom. The van der Waals surface area contributed by atoms with Crippen LogP contribution in [0.25, 0.3) is 0 Å². The molecule has 0 aliphatic heterocycles. The number of amides is 1. The summed E-state index contributed by atoms with van der Waals surface area (Å²) in [6, 6.07) is 4.15. The number of hydrogen-bond acceptors (Lipinski definition) is 4. The number of nitrogens with one attached hydrogen (secondary N) is 2. The van der Waals surface area contributed by atoms with E-state index in [-0.39, 0.29) is 13.0 Å². The van der Waals surface area contributed by atoms with Crippen LogP contribution in [0, 0.1) is 5.82 Å². The van der Waals surface area contributed by atoms with Crippen molar-refractivity contribution in [1.82, 2.24) is 5.32 Å². The fraction of sp³-hybridized carbons (Fsp3) is 0.385.